The summed E-state index contributed by atoms with van der Waals surface area (Å²) in [5.41, 5.74) is 1.07. The Kier molecular flexibility index (Phi) is 5.52. The molecule has 1 aliphatic rings. The normalized spacial score (nSPS) is 24.3. The molecule has 1 fully saturated rings. The minimum atomic E-state index is -1.88. The number of carbonyl (C=O) groups is 1. The van der Waals surface area contributed by atoms with E-state index >= 15 is 0 Å². The van der Waals surface area contributed by atoms with Crippen molar-refractivity contribution in [3.05, 3.63) is 66.2 Å². The van der Waals surface area contributed by atoms with Crippen LogP contribution < -0.4 is 5.19 Å². The first-order valence-corrected chi connectivity index (χ1v) is 12.0. The van der Waals surface area contributed by atoms with Gasteiger partial charge in [-0.1, -0.05) is 78.9 Å². The predicted octanol–water partition coefficient (Wildman–Crippen LogP) is 3.47. The third kappa shape index (κ3) is 4.09. The topological polar surface area (TPSA) is 35.5 Å². The summed E-state index contributed by atoms with van der Waals surface area (Å²) in [6, 6.07) is 20.4. The van der Waals surface area contributed by atoms with Gasteiger partial charge in [0.05, 0.1) is 18.4 Å². The molecule has 0 N–H and O–H groups in total. The van der Waals surface area contributed by atoms with Crippen LogP contribution in [0, 0.1) is 0 Å². The first kappa shape index (κ1) is 18.1. The Labute approximate surface area is 151 Å². The molecule has 132 valence electrons. The van der Waals surface area contributed by atoms with Crippen LogP contribution in [0.15, 0.2) is 60.7 Å². The number of rotatable bonds is 5. The highest BCUT2D eigenvalue weighted by Gasteiger charge is 2.44. The zero-order chi connectivity index (χ0) is 17.9. The van der Waals surface area contributed by atoms with E-state index in [0.717, 1.165) is 5.56 Å². The summed E-state index contributed by atoms with van der Waals surface area (Å²) < 4.78 is 12.2. The average molecular weight is 355 g/mol. The highest BCUT2D eigenvalue weighted by atomic mass is 28.3. The molecule has 0 amide bonds. The largest absolute Gasteiger partial charge is 0.375 e. The lowest BCUT2D eigenvalue weighted by atomic mass is 10.0. The van der Waals surface area contributed by atoms with Crippen molar-refractivity contribution in [3.63, 3.8) is 0 Å². The van der Waals surface area contributed by atoms with Crippen molar-refractivity contribution in [3.8, 4) is 0 Å². The van der Waals surface area contributed by atoms with E-state index in [4.69, 9.17) is 9.47 Å². The maximum atomic E-state index is 12.7. The summed E-state index contributed by atoms with van der Waals surface area (Å²) in [5, 5.41) is 1.32. The van der Waals surface area contributed by atoms with Crippen LogP contribution in [0.5, 0.6) is 0 Å². The van der Waals surface area contributed by atoms with Crippen LogP contribution in [0.4, 0.5) is 0 Å². The van der Waals surface area contributed by atoms with Crippen LogP contribution in [0.2, 0.25) is 13.1 Å². The highest BCUT2D eigenvalue weighted by Crippen LogP contribution is 2.26. The fourth-order valence-corrected chi connectivity index (χ4v) is 6.10. The molecular formula is C21H26O3Si. The molecule has 2 aromatic carbocycles. The summed E-state index contributed by atoms with van der Waals surface area (Å²) in [6.45, 7) is 6.95. The zero-order valence-electron chi connectivity index (χ0n) is 15.1. The zero-order valence-corrected chi connectivity index (χ0v) is 16.1. The van der Waals surface area contributed by atoms with E-state index in [2.05, 4.69) is 37.4 Å². The molecular weight excluding hydrogens is 328 g/mol. The molecule has 1 aliphatic heterocycles. The predicted molar refractivity (Wildman–Crippen MR) is 103 cm³/mol. The molecule has 0 bridgehead atoms. The van der Waals surface area contributed by atoms with Crippen LogP contribution in [0.25, 0.3) is 0 Å². The minimum absolute atomic E-state index is 0.00558. The Bertz CT molecular complexity index is 700. The molecule has 3 atom stereocenters. The number of benzene rings is 2. The van der Waals surface area contributed by atoms with Crippen LogP contribution >= 0.6 is 0 Å². The molecule has 0 aliphatic carbocycles. The Morgan fingerprint density at radius 2 is 1.64 bits per heavy atom. The van der Waals surface area contributed by atoms with E-state index in [1.54, 1.807) is 0 Å². The monoisotopic (exact) mass is 354 g/mol. The van der Waals surface area contributed by atoms with E-state index in [1.807, 2.05) is 43.3 Å². The lowest BCUT2D eigenvalue weighted by Gasteiger charge is -2.40. The van der Waals surface area contributed by atoms with Crippen molar-refractivity contribution < 1.29 is 14.3 Å². The fraction of sp³-hybridized carbons (Fsp3) is 0.381. The lowest BCUT2D eigenvalue weighted by molar-refractivity contribution is -0.158. The summed E-state index contributed by atoms with van der Waals surface area (Å²) >= 11 is 0. The van der Waals surface area contributed by atoms with Gasteiger partial charge < -0.3 is 9.47 Å². The molecule has 4 heteroatoms. The number of ketones is 1. The molecule has 3 nitrogen and oxygen atoms in total. The summed E-state index contributed by atoms with van der Waals surface area (Å²) in [6.07, 6.45) is -0.250. The Balaban J connectivity index is 1.66. The van der Waals surface area contributed by atoms with Crippen LogP contribution in [-0.2, 0) is 20.9 Å². The van der Waals surface area contributed by atoms with Crippen molar-refractivity contribution in [2.24, 2.45) is 0 Å². The Morgan fingerprint density at radius 3 is 2.24 bits per heavy atom. The summed E-state index contributed by atoms with van der Waals surface area (Å²) in [5.74, 6) is 0.163. The van der Waals surface area contributed by atoms with Gasteiger partial charge in [0.15, 0.2) is 5.78 Å². The van der Waals surface area contributed by atoms with Gasteiger partial charge in [-0.3, -0.25) is 4.79 Å². The van der Waals surface area contributed by atoms with E-state index in [0.29, 0.717) is 13.0 Å². The number of Topliss-reactive ketones (excluding diaryl/α,β-unsaturated/α-hetero) is 1. The third-order valence-electron chi connectivity index (χ3n) is 5.10. The van der Waals surface area contributed by atoms with Crippen molar-refractivity contribution in [1.82, 2.24) is 0 Å². The van der Waals surface area contributed by atoms with E-state index in [9.17, 15) is 4.79 Å². The minimum Gasteiger partial charge on any atom is -0.375 e. The maximum absolute atomic E-state index is 12.7. The molecule has 3 rings (SSSR count). The fourth-order valence-electron chi connectivity index (χ4n) is 3.41. The molecule has 0 radical (unpaired) electrons. The van der Waals surface area contributed by atoms with Crippen LogP contribution in [0.1, 0.15) is 18.9 Å². The van der Waals surface area contributed by atoms with Gasteiger partial charge in [-0.05, 0) is 12.5 Å². The second-order valence-electron chi connectivity index (χ2n) is 7.31. The molecule has 2 aromatic rings. The van der Waals surface area contributed by atoms with Gasteiger partial charge in [0.25, 0.3) is 0 Å². The van der Waals surface area contributed by atoms with Crippen molar-refractivity contribution in [2.75, 3.05) is 0 Å². The Hall–Kier alpha value is -1.75. The van der Waals surface area contributed by atoms with Crippen LogP contribution in [0.3, 0.4) is 0 Å². The second kappa shape index (κ2) is 7.64. The van der Waals surface area contributed by atoms with Gasteiger partial charge in [0.1, 0.15) is 14.2 Å². The van der Waals surface area contributed by atoms with Crippen molar-refractivity contribution in [2.45, 2.75) is 51.0 Å². The van der Waals surface area contributed by atoms with E-state index in [1.165, 1.54) is 5.19 Å². The van der Waals surface area contributed by atoms with Crippen LogP contribution in [-0.4, -0.2) is 31.8 Å². The molecule has 0 spiro atoms. The molecule has 1 heterocycles. The van der Waals surface area contributed by atoms with E-state index < -0.39 is 14.2 Å². The highest BCUT2D eigenvalue weighted by molar-refractivity contribution is 6.91. The number of hydrogen-bond donors (Lipinski definition) is 0. The molecule has 1 saturated heterocycles. The van der Waals surface area contributed by atoms with Gasteiger partial charge in [0, 0.05) is 6.42 Å². The number of ether oxygens (including phenoxy) is 2. The first-order chi connectivity index (χ1) is 12.0. The molecule has 0 saturated carbocycles. The summed E-state index contributed by atoms with van der Waals surface area (Å²) in [4.78, 5) is 12.7. The second-order valence-corrected chi connectivity index (χ2v) is 12.0. The molecule has 0 aromatic heterocycles. The third-order valence-corrected chi connectivity index (χ3v) is 8.88. The Morgan fingerprint density at radius 1 is 1.04 bits per heavy atom. The molecule has 0 unspecified atom stereocenters. The molecule has 25 heavy (non-hydrogen) atoms. The van der Waals surface area contributed by atoms with Crippen molar-refractivity contribution >= 4 is 19.0 Å². The van der Waals surface area contributed by atoms with Gasteiger partial charge in [-0.15, -0.1) is 0 Å². The first-order valence-electron chi connectivity index (χ1n) is 8.87. The van der Waals surface area contributed by atoms with E-state index in [-0.39, 0.29) is 17.6 Å². The quantitative estimate of drug-likeness (QED) is 0.771. The van der Waals surface area contributed by atoms with Gasteiger partial charge in [0.2, 0.25) is 0 Å². The number of carbonyl (C=O) groups excluding carboxylic acids is 1. The van der Waals surface area contributed by atoms with Gasteiger partial charge in [-0.2, -0.15) is 0 Å². The van der Waals surface area contributed by atoms with Gasteiger partial charge >= 0.3 is 0 Å². The maximum Gasteiger partial charge on any atom is 0.166 e. The summed E-state index contributed by atoms with van der Waals surface area (Å²) in [7, 11) is -1.88. The smallest absolute Gasteiger partial charge is 0.166 e. The number of hydrogen-bond acceptors (Lipinski definition) is 3. The lowest BCUT2D eigenvalue weighted by Crippen LogP contribution is -2.60. The van der Waals surface area contributed by atoms with Crippen molar-refractivity contribution in [1.29, 1.82) is 0 Å². The van der Waals surface area contributed by atoms with Gasteiger partial charge in [-0.25, -0.2) is 0 Å². The average Bonchev–Trinajstić information content (AvgIpc) is 2.62. The standard InChI is InChI=1S/C21H26O3Si/c1-16-21(23-15-17-10-6-4-7-11-17)19(22)14-20(24-16)25(2,3)18-12-8-5-9-13-18/h4-13,16,20-21H,14-15H2,1-3H3/t16-,20-,21-/m0/s1. The SMILES string of the molecule is C[C@@H]1O[C@@H]([Si](C)(C)c2ccccc2)CC(=O)[C@H]1OCc1ccccc1.